The first-order valence-corrected chi connectivity index (χ1v) is 13.3. The SMILES string of the molecule is CC(C)(C(=O)O)c1ccccc1C(O)CCCN1CCC(C(c2ccccc2)c2ccc(O)cc2)CC1.Cl. The molecule has 4 rings (SSSR count). The average Bonchev–Trinajstić information content (AvgIpc) is 2.91. The molecule has 3 aromatic rings. The summed E-state index contributed by atoms with van der Waals surface area (Å²) in [5.74, 6) is 0.233. The fourth-order valence-corrected chi connectivity index (χ4v) is 5.72. The highest BCUT2D eigenvalue weighted by molar-refractivity contribution is 5.85. The van der Waals surface area contributed by atoms with Gasteiger partial charge in [-0.1, -0.05) is 66.7 Å². The van der Waals surface area contributed by atoms with Gasteiger partial charge in [0.25, 0.3) is 0 Å². The molecule has 0 amide bonds. The van der Waals surface area contributed by atoms with Crippen molar-refractivity contribution >= 4 is 18.4 Å². The predicted octanol–water partition coefficient (Wildman–Crippen LogP) is 6.53. The van der Waals surface area contributed by atoms with Crippen LogP contribution in [0.3, 0.4) is 0 Å². The molecule has 1 heterocycles. The van der Waals surface area contributed by atoms with E-state index in [-0.39, 0.29) is 12.4 Å². The smallest absolute Gasteiger partial charge is 0.313 e. The summed E-state index contributed by atoms with van der Waals surface area (Å²) in [5, 5.41) is 30.4. The van der Waals surface area contributed by atoms with Gasteiger partial charge in [0.1, 0.15) is 5.75 Å². The Morgan fingerprint density at radius 2 is 1.50 bits per heavy atom. The molecule has 5 nitrogen and oxygen atoms in total. The van der Waals surface area contributed by atoms with E-state index >= 15 is 0 Å². The van der Waals surface area contributed by atoms with Crippen LogP contribution < -0.4 is 0 Å². The van der Waals surface area contributed by atoms with Gasteiger partial charge in [-0.3, -0.25) is 4.79 Å². The molecule has 2 atom stereocenters. The number of likely N-dealkylation sites (tertiary alicyclic amines) is 1. The van der Waals surface area contributed by atoms with Crippen molar-refractivity contribution in [1.82, 2.24) is 4.90 Å². The molecular weight excluding hydrogens is 498 g/mol. The number of phenolic OH excluding ortho intramolecular Hbond substituents is 1. The maximum absolute atomic E-state index is 11.8. The van der Waals surface area contributed by atoms with Crippen molar-refractivity contribution in [2.24, 2.45) is 5.92 Å². The second-order valence-corrected chi connectivity index (χ2v) is 10.8. The highest BCUT2D eigenvalue weighted by Gasteiger charge is 2.33. The van der Waals surface area contributed by atoms with E-state index in [1.807, 2.05) is 36.4 Å². The maximum Gasteiger partial charge on any atom is 0.313 e. The molecule has 2 unspecified atom stereocenters. The molecule has 38 heavy (non-hydrogen) atoms. The first-order chi connectivity index (χ1) is 17.8. The standard InChI is InChI=1S/C32H39NO4.ClH/c1-32(2,31(36)37)28-12-7-6-11-27(28)29(35)13-8-20-33-21-18-25(19-22-33)30(23-9-4-3-5-10-23)24-14-16-26(34)17-15-24;/h3-7,9-12,14-17,25,29-30,34-35H,8,13,18-22H2,1-2H3,(H,36,37);1H. The second-order valence-electron chi connectivity index (χ2n) is 10.8. The van der Waals surface area contributed by atoms with E-state index in [1.54, 1.807) is 26.0 Å². The molecule has 1 saturated heterocycles. The monoisotopic (exact) mass is 537 g/mol. The predicted molar refractivity (Wildman–Crippen MR) is 154 cm³/mol. The van der Waals surface area contributed by atoms with E-state index in [0.717, 1.165) is 38.9 Å². The number of hydrogen-bond donors (Lipinski definition) is 3. The molecule has 0 saturated carbocycles. The third-order valence-corrected chi connectivity index (χ3v) is 7.99. The number of benzene rings is 3. The zero-order valence-corrected chi connectivity index (χ0v) is 23.1. The molecule has 3 aromatic carbocycles. The number of aliphatic carboxylic acids is 1. The lowest BCUT2D eigenvalue weighted by Crippen LogP contribution is -2.36. The van der Waals surface area contributed by atoms with Crippen molar-refractivity contribution in [3.8, 4) is 5.75 Å². The molecule has 0 aromatic heterocycles. The number of hydrogen-bond acceptors (Lipinski definition) is 4. The number of halogens is 1. The van der Waals surface area contributed by atoms with Crippen LogP contribution in [0.5, 0.6) is 5.75 Å². The van der Waals surface area contributed by atoms with Gasteiger partial charge in [0.15, 0.2) is 0 Å². The highest BCUT2D eigenvalue weighted by atomic mass is 35.5. The van der Waals surface area contributed by atoms with E-state index < -0.39 is 17.5 Å². The van der Waals surface area contributed by atoms with Crippen LogP contribution in [0, 0.1) is 5.92 Å². The van der Waals surface area contributed by atoms with Gasteiger partial charge in [-0.15, -0.1) is 12.4 Å². The van der Waals surface area contributed by atoms with E-state index in [4.69, 9.17) is 0 Å². The minimum Gasteiger partial charge on any atom is -0.508 e. The third kappa shape index (κ3) is 6.96. The fourth-order valence-electron chi connectivity index (χ4n) is 5.72. The van der Waals surface area contributed by atoms with Crippen LogP contribution in [0.4, 0.5) is 0 Å². The van der Waals surface area contributed by atoms with Gasteiger partial charge in [-0.25, -0.2) is 0 Å². The molecule has 6 heteroatoms. The van der Waals surface area contributed by atoms with E-state index in [9.17, 15) is 20.1 Å². The van der Waals surface area contributed by atoms with Crippen molar-refractivity contribution < 1.29 is 20.1 Å². The van der Waals surface area contributed by atoms with Crippen molar-refractivity contribution in [2.45, 2.75) is 57.0 Å². The van der Waals surface area contributed by atoms with E-state index in [0.29, 0.717) is 35.1 Å². The molecule has 1 aliphatic heterocycles. The molecule has 0 radical (unpaired) electrons. The number of aromatic hydroxyl groups is 1. The Bertz CT molecular complexity index is 1160. The summed E-state index contributed by atoms with van der Waals surface area (Å²) >= 11 is 0. The molecule has 1 aliphatic rings. The topological polar surface area (TPSA) is 81.0 Å². The first kappa shape index (κ1) is 29.7. The van der Waals surface area contributed by atoms with Crippen LogP contribution in [0.15, 0.2) is 78.9 Å². The fraction of sp³-hybridized carbons (Fsp3) is 0.406. The normalized spacial score (nSPS) is 16.4. The van der Waals surface area contributed by atoms with E-state index in [1.165, 1.54) is 11.1 Å². The van der Waals surface area contributed by atoms with Crippen LogP contribution in [0.25, 0.3) is 0 Å². The number of aliphatic hydroxyl groups is 1. The molecular formula is C32H40ClNO4. The Balaban J connectivity index is 0.00000400. The van der Waals surface area contributed by atoms with Gasteiger partial charge in [0, 0.05) is 5.92 Å². The summed E-state index contributed by atoms with van der Waals surface area (Å²) in [7, 11) is 0. The zero-order chi connectivity index (χ0) is 26.4. The van der Waals surface area contributed by atoms with Gasteiger partial charge in [0.05, 0.1) is 11.5 Å². The van der Waals surface area contributed by atoms with Crippen LogP contribution >= 0.6 is 12.4 Å². The third-order valence-electron chi connectivity index (χ3n) is 7.99. The number of carboxylic acids is 1. The minimum atomic E-state index is -1.05. The summed E-state index contributed by atoms with van der Waals surface area (Å²) < 4.78 is 0. The largest absolute Gasteiger partial charge is 0.508 e. The number of piperidine rings is 1. The summed E-state index contributed by atoms with van der Waals surface area (Å²) in [6.45, 7) is 6.33. The number of carbonyl (C=O) groups is 1. The van der Waals surface area contributed by atoms with Crippen LogP contribution in [0.2, 0.25) is 0 Å². The first-order valence-electron chi connectivity index (χ1n) is 13.3. The summed E-state index contributed by atoms with van der Waals surface area (Å²) in [5.41, 5.74) is 2.91. The van der Waals surface area contributed by atoms with Gasteiger partial charge >= 0.3 is 5.97 Å². The molecule has 0 aliphatic carbocycles. The number of phenols is 1. The van der Waals surface area contributed by atoms with Gasteiger partial charge < -0.3 is 20.2 Å². The molecule has 3 N–H and O–H groups in total. The lowest BCUT2D eigenvalue weighted by atomic mass is 9.76. The quantitative estimate of drug-likeness (QED) is 0.274. The molecule has 0 bridgehead atoms. The van der Waals surface area contributed by atoms with Gasteiger partial charge in [-0.2, -0.15) is 0 Å². The van der Waals surface area contributed by atoms with Crippen molar-refractivity contribution in [2.75, 3.05) is 19.6 Å². The number of carboxylic acid groups (broad SMARTS) is 1. The number of nitrogens with zero attached hydrogens (tertiary/aromatic N) is 1. The molecule has 1 fully saturated rings. The zero-order valence-electron chi connectivity index (χ0n) is 22.3. The number of aliphatic hydroxyl groups excluding tert-OH is 1. The van der Waals surface area contributed by atoms with Gasteiger partial charge in [0.2, 0.25) is 0 Å². The average molecular weight is 538 g/mol. The Morgan fingerprint density at radius 1 is 0.921 bits per heavy atom. The van der Waals surface area contributed by atoms with E-state index in [2.05, 4.69) is 35.2 Å². The molecule has 0 spiro atoms. The number of rotatable bonds is 10. The Labute approximate surface area is 232 Å². The Hall–Kier alpha value is -2.86. The maximum atomic E-state index is 11.8. The summed E-state index contributed by atoms with van der Waals surface area (Å²) in [4.78, 5) is 14.3. The lowest BCUT2D eigenvalue weighted by Gasteiger charge is -2.37. The summed E-state index contributed by atoms with van der Waals surface area (Å²) in [6, 6.07) is 25.7. The Morgan fingerprint density at radius 3 is 2.13 bits per heavy atom. The van der Waals surface area contributed by atoms with Crippen molar-refractivity contribution in [3.05, 3.63) is 101 Å². The Kier molecular flexibility index (Phi) is 10.4. The van der Waals surface area contributed by atoms with Crippen molar-refractivity contribution in [3.63, 3.8) is 0 Å². The highest BCUT2D eigenvalue weighted by Crippen LogP contribution is 2.39. The lowest BCUT2D eigenvalue weighted by molar-refractivity contribution is -0.142. The molecule has 204 valence electrons. The van der Waals surface area contributed by atoms with Crippen molar-refractivity contribution in [1.29, 1.82) is 0 Å². The van der Waals surface area contributed by atoms with Gasteiger partial charge in [-0.05, 0) is 99.5 Å². The second kappa shape index (κ2) is 13.3. The van der Waals surface area contributed by atoms with Crippen LogP contribution in [0.1, 0.15) is 73.8 Å². The minimum absolute atomic E-state index is 0. The van der Waals surface area contributed by atoms with Crippen LogP contribution in [-0.2, 0) is 10.2 Å². The summed E-state index contributed by atoms with van der Waals surface area (Å²) in [6.07, 6.45) is 2.97. The van der Waals surface area contributed by atoms with Crippen LogP contribution in [-0.4, -0.2) is 45.8 Å².